The molecule has 0 unspecified atom stereocenters. The van der Waals surface area contributed by atoms with Crippen molar-refractivity contribution in [3.05, 3.63) is 66.7 Å². The standard InChI is InChI=1S/C24H31N3O3/c1-6-16-25(4)18-23(28)27(21-10-9-11-22(17-21)30-5)20-14-12-19(13-15-20)24(29)26(7-2)8-3/h6,9-15,17H,1,7-8,16,18H2,2-5H3. The summed E-state index contributed by atoms with van der Waals surface area (Å²) < 4.78 is 5.33. The summed E-state index contributed by atoms with van der Waals surface area (Å²) in [6.45, 7) is 9.78. The highest BCUT2D eigenvalue weighted by atomic mass is 16.5. The van der Waals surface area contributed by atoms with Crippen LogP contribution in [0.15, 0.2) is 61.2 Å². The van der Waals surface area contributed by atoms with E-state index in [1.165, 1.54) is 0 Å². The molecule has 0 saturated carbocycles. The van der Waals surface area contributed by atoms with E-state index >= 15 is 0 Å². The van der Waals surface area contributed by atoms with E-state index in [2.05, 4.69) is 6.58 Å². The van der Waals surface area contributed by atoms with Gasteiger partial charge in [0.05, 0.1) is 19.3 Å². The molecule has 2 amide bonds. The van der Waals surface area contributed by atoms with E-state index in [0.29, 0.717) is 42.3 Å². The van der Waals surface area contributed by atoms with E-state index in [1.54, 1.807) is 35.1 Å². The number of amides is 2. The summed E-state index contributed by atoms with van der Waals surface area (Å²) in [6.07, 6.45) is 1.76. The van der Waals surface area contributed by atoms with Gasteiger partial charge in [0.25, 0.3) is 5.91 Å². The molecule has 0 aliphatic rings. The number of nitrogens with zero attached hydrogens (tertiary/aromatic N) is 3. The summed E-state index contributed by atoms with van der Waals surface area (Å²) in [4.78, 5) is 31.1. The van der Waals surface area contributed by atoms with Crippen molar-refractivity contribution in [3.8, 4) is 5.75 Å². The van der Waals surface area contributed by atoms with Crippen molar-refractivity contribution in [3.63, 3.8) is 0 Å². The summed E-state index contributed by atoms with van der Waals surface area (Å²) in [6, 6.07) is 14.5. The van der Waals surface area contributed by atoms with Gasteiger partial charge < -0.3 is 9.64 Å². The average molecular weight is 410 g/mol. The predicted molar refractivity (Wildman–Crippen MR) is 122 cm³/mol. The van der Waals surface area contributed by atoms with Crippen molar-refractivity contribution in [2.75, 3.05) is 45.2 Å². The molecule has 0 bridgehead atoms. The summed E-state index contributed by atoms with van der Waals surface area (Å²) in [5, 5.41) is 0. The first-order valence-corrected chi connectivity index (χ1v) is 10.1. The van der Waals surface area contributed by atoms with Gasteiger partial charge in [0.15, 0.2) is 0 Å². The first-order valence-electron chi connectivity index (χ1n) is 10.1. The summed E-state index contributed by atoms with van der Waals surface area (Å²) in [5.41, 5.74) is 2.00. The van der Waals surface area contributed by atoms with Gasteiger partial charge in [-0.2, -0.15) is 0 Å². The summed E-state index contributed by atoms with van der Waals surface area (Å²) in [7, 11) is 3.46. The summed E-state index contributed by atoms with van der Waals surface area (Å²) >= 11 is 0. The second kappa shape index (κ2) is 11.2. The number of ether oxygens (including phenoxy) is 1. The SMILES string of the molecule is C=CCN(C)CC(=O)N(c1ccc(C(=O)N(CC)CC)cc1)c1cccc(OC)c1. The van der Waals surface area contributed by atoms with Crippen molar-refractivity contribution in [1.82, 2.24) is 9.80 Å². The summed E-state index contributed by atoms with van der Waals surface area (Å²) in [5.74, 6) is 0.560. The number of methoxy groups -OCH3 is 1. The Morgan fingerprint density at radius 1 is 1.03 bits per heavy atom. The number of carbonyl (C=O) groups is 2. The van der Waals surface area contributed by atoms with Crippen LogP contribution in [0, 0.1) is 0 Å². The topological polar surface area (TPSA) is 53.1 Å². The number of hydrogen-bond donors (Lipinski definition) is 0. The van der Waals surface area contributed by atoms with Crippen LogP contribution in [0.4, 0.5) is 11.4 Å². The van der Waals surface area contributed by atoms with Crippen LogP contribution < -0.4 is 9.64 Å². The van der Waals surface area contributed by atoms with Crippen LogP contribution >= 0.6 is 0 Å². The van der Waals surface area contributed by atoms with Gasteiger partial charge in [0.1, 0.15) is 5.75 Å². The molecule has 2 aromatic carbocycles. The quantitative estimate of drug-likeness (QED) is 0.558. The lowest BCUT2D eigenvalue weighted by molar-refractivity contribution is -0.118. The van der Waals surface area contributed by atoms with Crippen LogP contribution in [0.2, 0.25) is 0 Å². The van der Waals surface area contributed by atoms with Crippen molar-refractivity contribution in [2.24, 2.45) is 0 Å². The number of benzene rings is 2. The zero-order valence-corrected chi connectivity index (χ0v) is 18.3. The third-order valence-electron chi connectivity index (χ3n) is 4.83. The lowest BCUT2D eigenvalue weighted by Crippen LogP contribution is -2.36. The third kappa shape index (κ3) is 5.70. The molecule has 0 radical (unpaired) electrons. The van der Waals surface area contributed by atoms with Gasteiger partial charge in [0.2, 0.25) is 5.91 Å². The fraction of sp³-hybridized carbons (Fsp3) is 0.333. The maximum atomic E-state index is 13.2. The van der Waals surface area contributed by atoms with E-state index < -0.39 is 0 Å². The smallest absolute Gasteiger partial charge is 0.253 e. The Labute approximate surface area is 179 Å². The van der Waals surface area contributed by atoms with Gasteiger partial charge in [-0.25, -0.2) is 0 Å². The highest BCUT2D eigenvalue weighted by Gasteiger charge is 2.21. The molecule has 0 aliphatic heterocycles. The van der Waals surface area contributed by atoms with Crippen LogP contribution in [-0.4, -0.2) is 62.0 Å². The van der Waals surface area contributed by atoms with Gasteiger partial charge in [-0.15, -0.1) is 6.58 Å². The van der Waals surface area contributed by atoms with E-state index in [0.717, 1.165) is 0 Å². The van der Waals surface area contributed by atoms with Gasteiger partial charge in [-0.05, 0) is 57.3 Å². The molecule has 0 heterocycles. The average Bonchev–Trinajstić information content (AvgIpc) is 2.75. The van der Waals surface area contributed by atoms with Crippen molar-refractivity contribution >= 4 is 23.2 Å². The number of hydrogen-bond acceptors (Lipinski definition) is 4. The number of likely N-dealkylation sites (N-methyl/N-ethyl adjacent to an activating group) is 1. The zero-order valence-electron chi connectivity index (χ0n) is 18.3. The Morgan fingerprint density at radius 3 is 2.27 bits per heavy atom. The predicted octanol–water partition coefficient (Wildman–Crippen LogP) is 3.96. The molecular weight excluding hydrogens is 378 g/mol. The van der Waals surface area contributed by atoms with E-state index in [4.69, 9.17) is 4.74 Å². The van der Waals surface area contributed by atoms with Gasteiger partial charge >= 0.3 is 0 Å². The molecule has 0 N–H and O–H groups in total. The molecule has 0 aromatic heterocycles. The Kier molecular flexibility index (Phi) is 8.62. The second-order valence-electron chi connectivity index (χ2n) is 6.94. The molecule has 0 spiro atoms. The van der Waals surface area contributed by atoms with Gasteiger partial charge in [-0.1, -0.05) is 12.1 Å². The Hall–Kier alpha value is -3.12. The van der Waals surface area contributed by atoms with Crippen LogP contribution in [0.3, 0.4) is 0 Å². The van der Waals surface area contributed by atoms with Crippen LogP contribution in [-0.2, 0) is 4.79 Å². The van der Waals surface area contributed by atoms with Crippen molar-refractivity contribution in [2.45, 2.75) is 13.8 Å². The monoisotopic (exact) mass is 409 g/mol. The minimum atomic E-state index is -0.0876. The Morgan fingerprint density at radius 2 is 1.70 bits per heavy atom. The third-order valence-corrected chi connectivity index (χ3v) is 4.83. The second-order valence-corrected chi connectivity index (χ2v) is 6.94. The van der Waals surface area contributed by atoms with Crippen molar-refractivity contribution in [1.29, 1.82) is 0 Å². The van der Waals surface area contributed by atoms with E-state index in [9.17, 15) is 9.59 Å². The van der Waals surface area contributed by atoms with Crippen LogP contribution in [0.1, 0.15) is 24.2 Å². The normalized spacial score (nSPS) is 10.6. The maximum absolute atomic E-state index is 13.2. The van der Waals surface area contributed by atoms with Crippen LogP contribution in [0.25, 0.3) is 0 Å². The van der Waals surface area contributed by atoms with E-state index in [1.807, 2.05) is 62.2 Å². The largest absolute Gasteiger partial charge is 0.497 e. The first-order chi connectivity index (χ1) is 14.4. The molecule has 0 saturated heterocycles. The molecule has 6 nitrogen and oxygen atoms in total. The molecule has 0 fully saturated rings. The molecule has 0 atom stereocenters. The first kappa shape index (κ1) is 23.2. The molecular formula is C24H31N3O3. The van der Waals surface area contributed by atoms with E-state index in [-0.39, 0.29) is 18.4 Å². The number of rotatable bonds is 10. The minimum Gasteiger partial charge on any atom is -0.497 e. The van der Waals surface area contributed by atoms with Gasteiger partial charge in [0, 0.05) is 37.0 Å². The lowest BCUT2D eigenvalue weighted by Gasteiger charge is -2.26. The molecule has 6 heteroatoms. The highest BCUT2D eigenvalue weighted by Crippen LogP contribution is 2.29. The van der Waals surface area contributed by atoms with Crippen molar-refractivity contribution < 1.29 is 14.3 Å². The number of carbonyl (C=O) groups excluding carboxylic acids is 2. The molecule has 160 valence electrons. The molecule has 0 aliphatic carbocycles. The molecule has 30 heavy (non-hydrogen) atoms. The zero-order chi connectivity index (χ0) is 22.1. The Balaban J connectivity index is 2.39. The molecule has 2 rings (SSSR count). The Bertz CT molecular complexity index is 860. The lowest BCUT2D eigenvalue weighted by atomic mass is 10.1. The molecule has 2 aromatic rings. The number of anilines is 2. The van der Waals surface area contributed by atoms with Gasteiger partial charge in [-0.3, -0.25) is 19.4 Å². The fourth-order valence-electron chi connectivity index (χ4n) is 3.22. The maximum Gasteiger partial charge on any atom is 0.253 e. The highest BCUT2D eigenvalue weighted by molar-refractivity contribution is 6.02. The minimum absolute atomic E-state index is 0.0171. The van der Waals surface area contributed by atoms with Crippen LogP contribution in [0.5, 0.6) is 5.75 Å². The fourth-order valence-corrected chi connectivity index (χ4v) is 3.22.